The first-order chi connectivity index (χ1) is 10.7. The smallest absolute Gasteiger partial charge is 0.146 e. The van der Waals surface area contributed by atoms with Crippen LogP contribution in [-0.4, -0.2) is 28.1 Å². The van der Waals surface area contributed by atoms with Crippen LogP contribution in [0.2, 0.25) is 0 Å². The summed E-state index contributed by atoms with van der Waals surface area (Å²) in [5.41, 5.74) is -0.518. The number of carbonyl (C=O) groups is 3. The molecular weight excluding hydrogens is 292 g/mol. The first-order valence-corrected chi connectivity index (χ1v) is 7.73. The van der Waals surface area contributed by atoms with Gasteiger partial charge in [0.25, 0.3) is 0 Å². The molecule has 1 aromatic rings. The Morgan fingerprint density at radius 2 is 1.78 bits per heavy atom. The fourth-order valence-electron chi connectivity index (χ4n) is 3.61. The minimum absolute atomic E-state index is 0.169. The van der Waals surface area contributed by atoms with Crippen LogP contribution in [-0.2, 0) is 14.4 Å². The van der Waals surface area contributed by atoms with Crippen LogP contribution in [0.15, 0.2) is 36.4 Å². The van der Waals surface area contributed by atoms with Gasteiger partial charge in [-0.3, -0.25) is 14.4 Å². The van der Waals surface area contributed by atoms with E-state index in [-0.39, 0.29) is 23.8 Å². The third kappa shape index (κ3) is 3.64. The second kappa shape index (κ2) is 6.59. The van der Waals surface area contributed by atoms with Gasteiger partial charge < -0.3 is 5.11 Å². The molecule has 1 saturated carbocycles. The molecule has 4 atom stereocenters. The zero-order chi connectivity index (χ0) is 17.2. The van der Waals surface area contributed by atoms with E-state index in [0.29, 0.717) is 0 Å². The zero-order valence-electron chi connectivity index (χ0n) is 13.7. The molecule has 23 heavy (non-hydrogen) atoms. The second-order valence-electron chi connectivity index (χ2n) is 6.52. The van der Waals surface area contributed by atoms with Crippen molar-refractivity contribution in [2.24, 2.45) is 17.8 Å². The number of allylic oxidation sites excluding steroid dienone is 1. The van der Waals surface area contributed by atoms with Crippen LogP contribution in [0.1, 0.15) is 32.8 Å². The van der Waals surface area contributed by atoms with Crippen molar-refractivity contribution in [2.45, 2.75) is 32.8 Å². The molecule has 0 amide bonds. The van der Waals surface area contributed by atoms with Crippen LogP contribution in [0.25, 0.3) is 6.08 Å². The van der Waals surface area contributed by atoms with E-state index in [1.54, 1.807) is 12.2 Å². The average Bonchev–Trinajstić information content (AvgIpc) is 2.43. The maximum atomic E-state index is 12.3. The van der Waals surface area contributed by atoms with E-state index in [2.05, 4.69) is 0 Å². The van der Waals surface area contributed by atoms with E-state index in [9.17, 15) is 19.5 Å². The predicted molar refractivity (Wildman–Crippen MR) is 87.6 cm³/mol. The van der Waals surface area contributed by atoms with Gasteiger partial charge in [0.05, 0.1) is 17.4 Å². The van der Waals surface area contributed by atoms with Gasteiger partial charge in [-0.15, -0.1) is 0 Å². The molecule has 4 nitrogen and oxygen atoms in total. The summed E-state index contributed by atoms with van der Waals surface area (Å²) in [5, 5.41) is 10.6. The van der Waals surface area contributed by atoms with Gasteiger partial charge in [0.1, 0.15) is 17.3 Å². The lowest BCUT2D eigenvalue weighted by Crippen LogP contribution is -2.54. The quantitative estimate of drug-likeness (QED) is 0.867. The fraction of sp³-hybridized carbons (Fsp3) is 0.421. The Labute approximate surface area is 136 Å². The van der Waals surface area contributed by atoms with Crippen molar-refractivity contribution in [3.05, 3.63) is 42.0 Å². The van der Waals surface area contributed by atoms with E-state index in [4.69, 9.17) is 0 Å². The normalized spacial score (nSPS) is 31.3. The van der Waals surface area contributed by atoms with Crippen LogP contribution in [0.5, 0.6) is 0 Å². The Bertz CT molecular complexity index is 643. The number of benzene rings is 1. The molecule has 1 fully saturated rings. The van der Waals surface area contributed by atoms with E-state index in [0.717, 1.165) is 5.56 Å². The van der Waals surface area contributed by atoms with Gasteiger partial charge in [0, 0.05) is 12.3 Å². The van der Waals surface area contributed by atoms with Gasteiger partial charge in [0.2, 0.25) is 0 Å². The molecule has 1 aliphatic rings. The van der Waals surface area contributed by atoms with Crippen LogP contribution in [0.4, 0.5) is 0 Å². The van der Waals surface area contributed by atoms with Crippen molar-refractivity contribution < 1.29 is 19.5 Å². The molecule has 122 valence electrons. The molecular formula is C19H22O4. The summed E-state index contributed by atoms with van der Waals surface area (Å²) in [5.74, 6) is -3.04. The highest BCUT2D eigenvalue weighted by molar-refractivity contribution is 6.04. The monoisotopic (exact) mass is 314 g/mol. The van der Waals surface area contributed by atoms with Gasteiger partial charge in [-0.2, -0.15) is 0 Å². The first kappa shape index (κ1) is 17.3. The van der Waals surface area contributed by atoms with Crippen molar-refractivity contribution in [1.29, 1.82) is 0 Å². The lowest BCUT2D eigenvalue weighted by molar-refractivity contribution is -0.153. The Kier molecular flexibility index (Phi) is 4.95. The van der Waals surface area contributed by atoms with Gasteiger partial charge in [-0.25, -0.2) is 0 Å². The molecule has 4 heteroatoms. The molecule has 0 heterocycles. The third-order valence-corrected chi connectivity index (χ3v) is 4.51. The van der Waals surface area contributed by atoms with Gasteiger partial charge >= 0.3 is 0 Å². The minimum Gasteiger partial charge on any atom is -0.389 e. The molecule has 0 unspecified atom stereocenters. The van der Waals surface area contributed by atoms with Crippen molar-refractivity contribution in [1.82, 2.24) is 0 Å². The van der Waals surface area contributed by atoms with Gasteiger partial charge in [-0.1, -0.05) is 42.5 Å². The zero-order valence-corrected chi connectivity index (χ0v) is 13.7. The number of aliphatic hydroxyl groups is 1. The molecule has 0 radical (unpaired) electrons. The molecule has 0 aromatic heterocycles. The molecule has 0 aliphatic heterocycles. The highest BCUT2D eigenvalue weighted by Gasteiger charge is 2.52. The lowest BCUT2D eigenvalue weighted by Gasteiger charge is -2.42. The van der Waals surface area contributed by atoms with E-state index in [1.165, 1.54) is 20.8 Å². The topological polar surface area (TPSA) is 71.4 Å². The molecule has 2 rings (SSSR count). The van der Waals surface area contributed by atoms with Gasteiger partial charge in [0.15, 0.2) is 0 Å². The molecule has 1 aliphatic carbocycles. The predicted octanol–water partition coefficient (Wildman–Crippen LogP) is 2.45. The van der Waals surface area contributed by atoms with Crippen LogP contribution < -0.4 is 0 Å². The summed E-state index contributed by atoms with van der Waals surface area (Å²) in [6.45, 7) is 4.26. The number of ketones is 3. The van der Waals surface area contributed by atoms with Crippen molar-refractivity contribution in [2.75, 3.05) is 0 Å². The van der Waals surface area contributed by atoms with E-state index in [1.807, 2.05) is 30.3 Å². The summed E-state index contributed by atoms with van der Waals surface area (Å²) in [4.78, 5) is 36.4. The number of hydrogen-bond acceptors (Lipinski definition) is 4. The number of hydrogen-bond donors (Lipinski definition) is 1. The summed E-state index contributed by atoms with van der Waals surface area (Å²) < 4.78 is 0. The highest BCUT2D eigenvalue weighted by atomic mass is 16.3. The number of rotatable bonds is 4. The summed E-state index contributed by atoms with van der Waals surface area (Å²) in [7, 11) is 0. The SMILES string of the molecule is CC(=O)[C@H]1C(=O)C[C@](C)(O)[C@@H](C(C)=O)[C@@H]1/C=C/c1ccccc1. The second-order valence-corrected chi connectivity index (χ2v) is 6.52. The Balaban J connectivity index is 2.45. The van der Waals surface area contributed by atoms with Crippen molar-refractivity contribution >= 4 is 23.4 Å². The Hall–Kier alpha value is -2.07. The standard InChI is InChI=1S/C19H22O4/c1-12(20)17-15(10-9-14-7-5-4-6-8-14)18(13(2)21)19(3,23)11-16(17)22/h4-10,15,17-18,23H,11H2,1-3H3/b10-9+/t15-,17-,18+,19+/m1/s1. The summed E-state index contributed by atoms with van der Waals surface area (Å²) >= 11 is 0. The average molecular weight is 314 g/mol. The minimum atomic E-state index is -1.43. The van der Waals surface area contributed by atoms with E-state index < -0.39 is 23.4 Å². The number of carbonyl (C=O) groups excluding carboxylic acids is 3. The Morgan fingerprint density at radius 1 is 1.17 bits per heavy atom. The molecule has 0 bridgehead atoms. The van der Waals surface area contributed by atoms with Crippen LogP contribution in [0.3, 0.4) is 0 Å². The first-order valence-electron chi connectivity index (χ1n) is 7.73. The summed E-state index contributed by atoms with van der Waals surface area (Å²) in [6, 6.07) is 9.44. The highest BCUT2D eigenvalue weighted by Crippen LogP contribution is 2.41. The van der Waals surface area contributed by atoms with Gasteiger partial charge in [-0.05, 0) is 26.3 Å². The maximum Gasteiger partial charge on any atom is 0.146 e. The third-order valence-electron chi connectivity index (χ3n) is 4.51. The summed E-state index contributed by atoms with van der Waals surface area (Å²) in [6.07, 6.45) is 3.35. The maximum absolute atomic E-state index is 12.3. The number of Topliss-reactive ketones (excluding diaryl/α,β-unsaturated/α-hetero) is 3. The Morgan fingerprint density at radius 3 is 2.30 bits per heavy atom. The molecule has 0 saturated heterocycles. The van der Waals surface area contributed by atoms with Crippen LogP contribution in [0, 0.1) is 17.8 Å². The van der Waals surface area contributed by atoms with Crippen molar-refractivity contribution in [3.8, 4) is 0 Å². The molecule has 0 spiro atoms. The van der Waals surface area contributed by atoms with E-state index >= 15 is 0 Å². The largest absolute Gasteiger partial charge is 0.389 e. The fourth-order valence-corrected chi connectivity index (χ4v) is 3.61. The molecule has 1 aromatic carbocycles. The molecule has 1 N–H and O–H groups in total. The van der Waals surface area contributed by atoms with Crippen LogP contribution >= 0.6 is 0 Å². The van der Waals surface area contributed by atoms with Crippen molar-refractivity contribution in [3.63, 3.8) is 0 Å². The lowest BCUT2D eigenvalue weighted by atomic mass is 9.61.